The first-order valence-corrected chi connectivity index (χ1v) is 8.21. The van der Waals surface area contributed by atoms with Gasteiger partial charge in [0, 0.05) is 41.4 Å². The summed E-state index contributed by atoms with van der Waals surface area (Å²) in [5.74, 6) is 0.779. The van der Waals surface area contributed by atoms with E-state index >= 15 is 0 Å². The van der Waals surface area contributed by atoms with E-state index in [1.165, 1.54) is 12.8 Å². The standard InChI is InChI=1S/C15H20FIN2.ClH/c16-14-4-3-12(17)10-13(14)15(9-11-1-2-11)19-7-5-18-6-8-19;/h3-4,10-11,15,18H,1-2,5-9H2;1H/t15-;/m0./s1. The average Bonchev–Trinajstić information content (AvgIpc) is 3.24. The van der Waals surface area contributed by atoms with Crippen molar-refractivity contribution in [3.8, 4) is 0 Å². The smallest absolute Gasteiger partial charge is 0.128 e. The van der Waals surface area contributed by atoms with Gasteiger partial charge in [0.25, 0.3) is 0 Å². The van der Waals surface area contributed by atoms with Crippen molar-refractivity contribution < 1.29 is 4.39 Å². The van der Waals surface area contributed by atoms with E-state index in [0.717, 1.165) is 47.7 Å². The number of halogens is 3. The van der Waals surface area contributed by atoms with Gasteiger partial charge in [0.15, 0.2) is 0 Å². The fourth-order valence-corrected chi connectivity index (χ4v) is 3.42. The van der Waals surface area contributed by atoms with Gasteiger partial charge >= 0.3 is 0 Å². The maximum atomic E-state index is 14.2. The summed E-state index contributed by atoms with van der Waals surface area (Å²) in [7, 11) is 0. The summed E-state index contributed by atoms with van der Waals surface area (Å²) in [4.78, 5) is 2.46. The van der Waals surface area contributed by atoms with Crippen LogP contribution in [0.1, 0.15) is 30.9 Å². The molecule has 0 amide bonds. The Kier molecular flexibility index (Phi) is 6.08. The number of benzene rings is 1. The van der Waals surface area contributed by atoms with E-state index in [1.807, 2.05) is 12.1 Å². The van der Waals surface area contributed by atoms with Gasteiger partial charge in [0.05, 0.1) is 0 Å². The Morgan fingerprint density at radius 2 is 2.00 bits per heavy atom. The number of rotatable bonds is 4. The summed E-state index contributed by atoms with van der Waals surface area (Å²) >= 11 is 2.28. The van der Waals surface area contributed by atoms with Gasteiger partial charge in [-0.3, -0.25) is 4.90 Å². The van der Waals surface area contributed by atoms with E-state index < -0.39 is 0 Å². The molecule has 0 unspecified atom stereocenters. The lowest BCUT2D eigenvalue weighted by Gasteiger charge is -2.35. The molecule has 1 aromatic carbocycles. The van der Waals surface area contributed by atoms with Crippen LogP contribution < -0.4 is 5.32 Å². The van der Waals surface area contributed by atoms with Crippen molar-refractivity contribution in [2.45, 2.75) is 25.3 Å². The maximum absolute atomic E-state index is 14.2. The van der Waals surface area contributed by atoms with Crippen LogP contribution in [0.15, 0.2) is 18.2 Å². The highest BCUT2D eigenvalue weighted by Crippen LogP contribution is 2.41. The Morgan fingerprint density at radius 1 is 1.30 bits per heavy atom. The number of nitrogens with zero attached hydrogens (tertiary/aromatic N) is 1. The van der Waals surface area contributed by atoms with E-state index in [-0.39, 0.29) is 24.3 Å². The first kappa shape index (κ1) is 16.5. The van der Waals surface area contributed by atoms with Crippen molar-refractivity contribution in [2.75, 3.05) is 26.2 Å². The van der Waals surface area contributed by atoms with Gasteiger partial charge in [0.1, 0.15) is 5.82 Å². The number of piperazine rings is 1. The molecule has 1 heterocycles. The Hall–Kier alpha value is 0.0900. The van der Waals surface area contributed by atoms with Gasteiger partial charge in [0.2, 0.25) is 0 Å². The van der Waals surface area contributed by atoms with E-state index in [9.17, 15) is 4.39 Å². The van der Waals surface area contributed by atoms with Crippen LogP contribution in [0.2, 0.25) is 0 Å². The van der Waals surface area contributed by atoms with Gasteiger partial charge < -0.3 is 5.32 Å². The highest BCUT2D eigenvalue weighted by molar-refractivity contribution is 14.1. The Morgan fingerprint density at radius 3 is 2.65 bits per heavy atom. The van der Waals surface area contributed by atoms with Crippen molar-refractivity contribution in [3.63, 3.8) is 0 Å². The lowest BCUT2D eigenvalue weighted by atomic mass is 9.98. The molecule has 1 N–H and O–H groups in total. The molecule has 1 atom stereocenters. The highest BCUT2D eigenvalue weighted by atomic mass is 127. The van der Waals surface area contributed by atoms with Crippen LogP contribution in [0.3, 0.4) is 0 Å². The molecule has 2 fully saturated rings. The molecule has 20 heavy (non-hydrogen) atoms. The molecule has 0 spiro atoms. The summed E-state index contributed by atoms with van der Waals surface area (Å²) in [5, 5.41) is 3.38. The lowest BCUT2D eigenvalue weighted by Crippen LogP contribution is -2.45. The van der Waals surface area contributed by atoms with Gasteiger partial charge in [-0.15, -0.1) is 12.4 Å². The summed E-state index contributed by atoms with van der Waals surface area (Å²) in [6.45, 7) is 4.10. The van der Waals surface area contributed by atoms with Crippen LogP contribution >= 0.6 is 35.0 Å². The summed E-state index contributed by atoms with van der Waals surface area (Å²) in [5.41, 5.74) is 0.903. The fourth-order valence-electron chi connectivity index (χ4n) is 2.91. The molecule has 1 aromatic rings. The van der Waals surface area contributed by atoms with E-state index in [0.29, 0.717) is 0 Å². The van der Waals surface area contributed by atoms with Crippen LogP contribution in [0, 0.1) is 15.3 Å². The van der Waals surface area contributed by atoms with Crippen LogP contribution in [0.5, 0.6) is 0 Å². The van der Waals surface area contributed by atoms with Crippen molar-refractivity contribution in [2.24, 2.45) is 5.92 Å². The largest absolute Gasteiger partial charge is 0.314 e. The predicted octanol–water partition coefficient (Wildman–Crippen LogP) is 3.60. The average molecular weight is 411 g/mol. The first-order chi connectivity index (χ1) is 9.24. The SMILES string of the molecule is Cl.Fc1ccc(I)cc1[C@H](CC1CC1)N1CCNCC1. The van der Waals surface area contributed by atoms with Crippen molar-refractivity contribution in [3.05, 3.63) is 33.1 Å². The number of hydrogen-bond acceptors (Lipinski definition) is 2. The van der Waals surface area contributed by atoms with Crippen molar-refractivity contribution >= 4 is 35.0 Å². The Balaban J connectivity index is 0.00000147. The molecule has 112 valence electrons. The van der Waals surface area contributed by atoms with Gasteiger partial charge in [-0.25, -0.2) is 4.39 Å². The Labute approximate surface area is 140 Å². The van der Waals surface area contributed by atoms with Crippen LogP contribution in [-0.2, 0) is 0 Å². The molecule has 1 aliphatic carbocycles. The second kappa shape index (κ2) is 7.38. The normalized spacial score (nSPS) is 21.3. The maximum Gasteiger partial charge on any atom is 0.128 e. The van der Waals surface area contributed by atoms with Gasteiger partial charge in [-0.05, 0) is 53.1 Å². The van der Waals surface area contributed by atoms with Crippen LogP contribution in [0.4, 0.5) is 4.39 Å². The minimum atomic E-state index is -0.0374. The minimum absolute atomic E-state index is 0. The van der Waals surface area contributed by atoms with Crippen molar-refractivity contribution in [1.29, 1.82) is 0 Å². The van der Waals surface area contributed by atoms with E-state index in [2.05, 4.69) is 32.8 Å². The molecule has 3 rings (SSSR count). The second-order valence-corrected chi connectivity index (χ2v) is 6.89. The third-order valence-electron chi connectivity index (χ3n) is 4.16. The van der Waals surface area contributed by atoms with Crippen LogP contribution in [-0.4, -0.2) is 31.1 Å². The Bertz CT molecular complexity index is 447. The molecule has 1 saturated carbocycles. The van der Waals surface area contributed by atoms with E-state index in [4.69, 9.17) is 0 Å². The minimum Gasteiger partial charge on any atom is -0.314 e. The molecular formula is C15H21ClFIN2. The van der Waals surface area contributed by atoms with Gasteiger partial charge in [-0.1, -0.05) is 12.8 Å². The fraction of sp³-hybridized carbons (Fsp3) is 0.600. The van der Waals surface area contributed by atoms with Crippen LogP contribution in [0.25, 0.3) is 0 Å². The molecule has 0 radical (unpaired) electrons. The highest BCUT2D eigenvalue weighted by Gasteiger charge is 2.31. The lowest BCUT2D eigenvalue weighted by molar-refractivity contribution is 0.157. The third kappa shape index (κ3) is 4.06. The summed E-state index contributed by atoms with van der Waals surface area (Å²) in [6, 6.07) is 5.78. The summed E-state index contributed by atoms with van der Waals surface area (Å²) in [6.07, 6.45) is 3.78. The zero-order valence-electron chi connectivity index (χ0n) is 11.4. The third-order valence-corrected chi connectivity index (χ3v) is 4.83. The molecular weight excluding hydrogens is 390 g/mol. The quantitative estimate of drug-likeness (QED) is 0.763. The monoisotopic (exact) mass is 410 g/mol. The summed E-state index contributed by atoms with van der Waals surface area (Å²) < 4.78 is 15.3. The molecule has 1 saturated heterocycles. The van der Waals surface area contributed by atoms with Gasteiger partial charge in [-0.2, -0.15) is 0 Å². The zero-order chi connectivity index (χ0) is 13.2. The molecule has 0 aromatic heterocycles. The number of nitrogens with one attached hydrogen (secondary N) is 1. The topological polar surface area (TPSA) is 15.3 Å². The second-order valence-electron chi connectivity index (χ2n) is 5.65. The molecule has 2 aliphatic rings. The predicted molar refractivity (Wildman–Crippen MR) is 90.9 cm³/mol. The van der Waals surface area contributed by atoms with Crippen molar-refractivity contribution in [1.82, 2.24) is 10.2 Å². The molecule has 1 aliphatic heterocycles. The molecule has 2 nitrogen and oxygen atoms in total. The first-order valence-electron chi connectivity index (χ1n) is 7.14. The molecule has 0 bridgehead atoms. The zero-order valence-corrected chi connectivity index (χ0v) is 14.4. The van der Waals surface area contributed by atoms with E-state index in [1.54, 1.807) is 6.07 Å². The molecule has 5 heteroatoms. The number of hydrogen-bond donors (Lipinski definition) is 1.